The Hall–Kier alpha value is -6.28. The van der Waals surface area contributed by atoms with Crippen LogP contribution in [0.1, 0.15) is 22.3 Å². The Bertz CT molecular complexity index is 1580. The molecule has 48 heavy (non-hydrogen) atoms. The summed E-state index contributed by atoms with van der Waals surface area (Å²) in [6.07, 6.45) is 6.16. The summed E-state index contributed by atoms with van der Waals surface area (Å²) in [6.45, 7) is -1.80. The van der Waals surface area contributed by atoms with Crippen LogP contribution >= 0.6 is 0 Å². The Balaban J connectivity index is 1.52. The highest BCUT2D eigenvalue weighted by Gasteiger charge is 2.23. The Morgan fingerprint density at radius 1 is 0.312 bits per heavy atom. The molecule has 0 saturated carbocycles. The molecular formula is C40H32O8. The molecule has 4 aromatic carbocycles. The van der Waals surface area contributed by atoms with Gasteiger partial charge in [-0.15, -0.1) is 0 Å². The maximum atomic E-state index is 13.4. The van der Waals surface area contributed by atoms with E-state index in [2.05, 4.69) is 0 Å². The smallest absolute Gasteiger partial charge is 0.337 e. The van der Waals surface area contributed by atoms with Crippen LogP contribution in [0, 0.1) is 0 Å². The molecule has 5 rings (SSSR count). The van der Waals surface area contributed by atoms with Gasteiger partial charge in [-0.05, 0) is 46.6 Å². The van der Waals surface area contributed by atoms with Crippen LogP contribution in [-0.2, 0) is 38.1 Å². The van der Waals surface area contributed by atoms with E-state index in [1.54, 1.807) is 121 Å². The van der Waals surface area contributed by atoms with Crippen molar-refractivity contribution in [2.45, 2.75) is 0 Å². The molecule has 0 amide bonds. The fraction of sp³-hybridized carbons (Fsp3) is 0.100. The van der Waals surface area contributed by atoms with Crippen molar-refractivity contribution in [3.63, 3.8) is 0 Å². The van der Waals surface area contributed by atoms with E-state index in [1.165, 1.54) is 0 Å². The standard InChI is InChI=1S/C40H32O8/c41-37-33(21-29-13-5-1-6-14-29)25-45-38(42)35(23-31-17-9-3-10-18-31)27-47-40(44)36(24-32-19-11-4-12-20-32)28-48-39(43)34(26-46-37)22-30-15-7-2-8-16-30/h1-24H,25-28H2/b33-21-,34-22+,35-23+,36-24+. The minimum absolute atomic E-state index is 0.0261. The summed E-state index contributed by atoms with van der Waals surface area (Å²) in [7, 11) is 0. The molecule has 0 spiro atoms. The highest BCUT2D eigenvalue weighted by molar-refractivity contribution is 6.00. The molecule has 0 aromatic heterocycles. The van der Waals surface area contributed by atoms with Crippen molar-refractivity contribution < 1.29 is 38.1 Å². The molecule has 0 unspecified atom stereocenters. The second kappa shape index (κ2) is 16.9. The predicted octanol–water partition coefficient (Wildman–Crippen LogP) is 6.51. The number of rotatable bonds is 4. The first-order valence-corrected chi connectivity index (χ1v) is 15.2. The van der Waals surface area contributed by atoms with Gasteiger partial charge in [-0.3, -0.25) is 0 Å². The molecule has 240 valence electrons. The van der Waals surface area contributed by atoms with Gasteiger partial charge in [-0.25, -0.2) is 19.2 Å². The molecule has 8 nitrogen and oxygen atoms in total. The first kappa shape index (κ1) is 33.1. The van der Waals surface area contributed by atoms with Crippen LogP contribution in [0.4, 0.5) is 0 Å². The molecule has 1 fully saturated rings. The highest BCUT2D eigenvalue weighted by Crippen LogP contribution is 2.18. The number of hydrogen-bond acceptors (Lipinski definition) is 8. The molecule has 0 atom stereocenters. The fourth-order valence-electron chi connectivity index (χ4n) is 4.58. The van der Waals surface area contributed by atoms with E-state index in [0.29, 0.717) is 22.3 Å². The van der Waals surface area contributed by atoms with Crippen LogP contribution in [0.5, 0.6) is 0 Å². The predicted molar refractivity (Wildman–Crippen MR) is 182 cm³/mol. The van der Waals surface area contributed by atoms with Crippen LogP contribution in [0.25, 0.3) is 24.3 Å². The Labute approximate surface area is 278 Å². The first-order valence-electron chi connectivity index (χ1n) is 15.2. The number of ether oxygens (including phenoxy) is 4. The summed E-state index contributed by atoms with van der Waals surface area (Å²) < 4.78 is 22.4. The van der Waals surface area contributed by atoms with E-state index in [1.807, 2.05) is 24.3 Å². The fourth-order valence-corrected chi connectivity index (χ4v) is 4.58. The lowest BCUT2D eigenvalue weighted by molar-refractivity contribution is -0.144. The minimum atomic E-state index is -0.796. The second-order valence-corrected chi connectivity index (χ2v) is 10.6. The highest BCUT2D eigenvalue weighted by atomic mass is 16.6. The van der Waals surface area contributed by atoms with E-state index in [4.69, 9.17) is 18.9 Å². The Morgan fingerprint density at radius 2 is 0.500 bits per heavy atom. The second-order valence-electron chi connectivity index (χ2n) is 10.6. The maximum absolute atomic E-state index is 13.4. The number of hydrogen-bond donors (Lipinski definition) is 0. The lowest BCUT2D eigenvalue weighted by Gasteiger charge is -2.15. The van der Waals surface area contributed by atoms with Gasteiger partial charge < -0.3 is 18.9 Å². The summed E-state index contributed by atoms with van der Waals surface area (Å²) in [5.41, 5.74) is 2.78. The third kappa shape index (κ3) is 9.86. The van der Waals surface area contributed by atoms with Crippen LogP contribution in [0.2, 0.25) is 0 Å². The zero-order valence-corrected chi connectivity index (χ0v) is 26.0. The number of carbonyl (C=O) groups is 4. The zero-order valence-electron chi connectivity index (χ0n) is 26.0. The van der Waals surface area contributed by atoms with E-state index < -0.39 is 50.3 Å². The SMILES string of the molecule is O=C1OC/C(=C\c2ccccc2)C(=O)OC/C(=C\c2ccccc2)C(=O)OC/C(=C\c2ccccc2)C(=O)OC/C1=C/c1ccccc1. The molecule has 4 aromatic rings. The van der Waals surface area contributed by atoms with Gasteiger partial charge >= 0.3 is 23.9 Å². The van der Waals surface area contributed by atoms with Crippen molar-refractivity contribution in [1.82, 2.24) is 0 Å². The van der Waals surface area contributed by atoms with E-state index in [-0.39, 0.29) is 22.3 Å². The van der Waals surface area contributed by atoms with E-state index in [9.17, 15) is 19.2 Å². The topological polar surface area (TPSA) is 105 Å². The molecule has 1 heterocycles. The van der Waals surface area contributed by atoms with Crippen LogP contribution in [0.15, 0.2) is 144 Å². The molecule has 0 radical (unpaired) electrons. The van der Waals surface area contributed by atoms with Crippen molar-refractivity contribution in [1.29, 1.82) is 0 Å². The number of carbonyl (C=O) groups excluding carboxylic acids is 4. The monoisotopic (exact) mass is 640 g/mol. The minimum Gasteiger partial charge on any atom is -0.457 e. The quantitative estimate of drug-likeness (QED) is 0.141. The van der Waals surface area contributed by atoms with Crippen molar-refractivity contribution in [2.75, 3.05) is 26.4 Å². The molecule has 1 aliphatic heterocycles. The number of esters is 4. The number of cyclic esters (lactones) is 4. The van der Waals surface area contributed by atoms with Gasteiger partial charge in [0, 0.05) is 0 Å². The number of benzene rings is 4. The van der Waals surface area contributed by atoms with Crippen LogP contribution in [-0.4, -0.2) is 50.3 Å². The maximum Gasteiger partial charge on any atom is 0.337 e. The van der Waals surface area contributed by atoms with Gasteiger partial charge in [0.25, 0.3) is 0 Å². The van der Waals surface area contributed by atoms with Gasteiger partial charge in [-0.2, -0.15) is 0 Å². The van der Waals surface area contributed by atoms with Crippen molar-refractivity contribution in [2.24, 2.45) is 0 Å². The Kier molecular flexibility index (Phi) is 11.6. The molecule has 0 aliphatic carbocycles. The van der Waals surface area contributed by atoms with E-state index in [0.717, 1.165) is 0 Å². The largest absolute Gasteiger partial charge is 0.457 e. The molecule has 0 N–H and O–H groups in total. The van der Waals surface area contributed by atoms with Crippen molar-refractivity contribution in [3.05, 3.63) is 166 Å². The summed E-state index contributed by atoms with van der Waals surface area (Å²) in [4.78, 5) is 53.8. The third-order valence-corrected chi connectivity index (χ3v) is 7.05. The molecule has 0 bridgehead atoms. The molecular weight excluding hydrogens is 608 g/mol. The van der Waals surface area contributed by atoms with Gasteiger partial charge in [0.1, 0.15) is 26.4 Å². The van der Waals surface area contributed by atoms with Gasteiger partial charge in [0.15, 0.2) is 0 Å². The summed E-state index contributed by atoms with van der Waals surface area (Å²) in [5.74, 6) is -3.18. The zero-order chi connectivity index (χ0) is 33.6. The van der Waals surface area contributed by atoms with Gasteiger partial charge in [-0.1, -0.05) is 121 Å². The summed E-state index contributed by atoms with van der Waals surface area (Å²) in [5, 5.41) is 0. The van der Waals surface area contributed by atoms with Crippen molar-refractivity contribution >= 4 is 48.2 Å². The summed E-state index contributed by atoms with van der Waals surface area (Å²) in [6, 6.07) is 35.9. The van der Waals surface area contributed by atoms with Crippen LogP contribution in [0.3, 0.4) is 0 Å². The average molecular weight is 641 g/mol. The normalized spacial score (nSPS) is 18.7. The third-order valence-electron chi connectivity index (χ3n) is 7.05. The molecule has 1 aliphatic rings. The van der Waals surface area contributed by atoms with Crippen LogP contribution < -0.4 is 0 Å². The molecule has 1 saturated heterocycles. The van der Waals surface area contributed by atoms with Gasteiger partial charge in [0.2, 0.25) is 0 Å². The lowest BCUT2D eigenvalue weighted by atomic mass is 10.1. The van der Waals surface area contributed by atoms with E-state index >= 15 is 0 Å². The lowest BCUT2D eigenvalue weighted by Crippen LogP contribution is -2.23. The average Bonchev–Trinajstić information content (AvgIpc) is 3.12. The molecule has 8 heteroatoms. The first-order chi connectivity index (χ1) is 23.4. The Morgan fingerprint density at radius 3 is 0.688 bits per heavy atom. The summed E-state index contributed by atoms with van der Waals surface area (Å²) >= 11 is 0. The van der Waals surface area contributed by atoms with Crippen molar-refractivity contribution in [3.8, 4) is 0 Å². The van der Waals surface area contributed by atoms with Gasteiger partial charge in [0.05, 0.1) is 22.3 Å².